The van der Waals surface area contributed by atoms with Crippen LogP contribution in [0.25, 0.3) is 0 Å². The zero-order valence-electron chi connectivity index (χ0n) is 13.3. The molecular weight excluding hydrogens is 456 g/mol. The van der Waals surface area contributed by atoms with Crippen molar-refractivity contribution in [1.29, 1.82) is 0 Å². The number of halogens is 2. The number of ether oxygens (including phenoxy) is 2. The van der Waals surface area contributed by atoms with Crippen molar-refractivity contribution in [1.82, 2.24) is 5.43 Å². The lowest BCUT2D eigenvalue weighted by Crippen LogP contribution is -2.24. The molecule has 2 aromatic rings. The third-order valence-electron chi connectivity index (χ3n) is 2.95. The zero-order valence-corrected chi connectivity index (χ0v) is 16.5. The van der Waals surface area contributed by atoms with Gasteiger partial charge in [-0.1, -0.05) is 12.1 Å². The smallest absolute Gasteiger partial charge is 0.277 e. The lowest BCUT2D eigenvalue weighted by molar-refractivity contribution is -0.123. The number of carbonyl (C=O) groups excluding carboxylic acids is 1. The number of rotatable bonds is 7. The lowest BCUT2D eigenvalue weighted by atomic mass is 10.2. The van der Waals surface area contributed by atoms with E-state index in [1.807, 2.05) is 13.0 Å². The highest BCUT2D eigenvalue weighted by molar-refractivity contribution is 9.11. The summed E-state index contributed by atoms with van der Waals surface area (Å²) in [6.45, 7) is 2.19. The Hall–Kier alpha value is -2.06. The molecule has 0 saturated carbocycles. The number of phenols is 1. The van der Waals surface area contributed by atoms with Gasteiger partial charge in [-0.3, -0.25) is 4.79 Å². The number of phenolic OH excluding ortho intramolecular Hbond substituents is 1. The molecule has 0 bridgehead atoms. The van der Waals surface area contributed by atoms with Crippen LogP contribution in [-0.4, -0.2) is 30.4 Å². The molecule has 2 N–H and O–H groups in total. The van der Waals surface area contributed by atoms with Crippen LogP contribution in [0.5, 0.6) is 17.2 Å². The highest BCUT2D eigenvalue weighted by Crippen LogP contribution is 2.32. The number of benzene rings is 2. The first-order valence-corrected chi connectivity index (χ1v) is 8.94. The minimum Gasteiger partial charge on any atom is -0.506 e. The predicted octanol–water partition coefficient (Wildman–Crippen LogP) is 3.85. The Bertz CT molecular complexity index is 758. The number of hydrogen-bond donors (Lipinski definition) is 2. The average Bonchev–Trinajstić information content (AvgIpc) is 2.59. The first kappa shape index (κ1) is 19.3. The van der Waals surface area contributed by atoms with Crippen molar-refractivity contribution in [2.45, 2.75) is 6.92 Å². The van der Waals surface area contributed by atoms with E-state index in [0.29, 0.717) is 32.6 Å². The summed E-state index contributed by atoms with van der Waals surface area (Å²) in [7, 11) is 0. The molecule has 0 spiro atoms. The topological polar surface area (TPSA) is 80.2 Å². The van der Waals surface area contributed by atoms with Crippen molar-refractivity contribution in [2.24, 2.45) is 5.10 Å². The van der Waals surface area contributed by atoms with E-state index < -0.39 is 5.91 Å². The molecule has 0 aliphatic carbocycles. The highest BCUT2D eigenvalue weighted by Gasteiger charge is 2.07. The van der Waals surface area contributed by atoms with Gasteiger partial charge in [-0.15, -0.1) is 0 Å². The van der Waals surface area contributed by atoms with Gasteiger partial charge in [0.05, 0.1) is 21.8 Å². The summed E-state index contributed by atoms with van der Waals surface area (Å²) in [4.78, 5) is 11.8. The van der Waals surface area contributed by atoms with Gasteiger partial charge >= 0.3 is 0 Å². The summed E-state index contributed by atoms with van der Waals surface area (Å²) in [6.07, 6.45) is 1.46. The fraction of sp³-hybridized carbons (Fsp3) is 0.176. The number of nitrogens with zero attached hydrogens (tertiary/aromatic N) is 1. The molecule has 0 heterocycles. The van der Waals surface area contributed by atoms with Crippen LogP contribution in [0.15, 0.2) is 50.4 Å². The predicted molar refractivity (Wildman–Crippen MR) is 102 cm³/mol. The normalized spacial score (nSPS) is 10.7. The van der Waals surface area contributed by atoms with Gasteiger partial charge in [0.1, 0.15) is 5.75 Å². The zero-order chi connectivity index (χ0) is 18.2. The van der Waals surface area contributed by atoms with E-state index in [1.54, 1.807) is 30.3 Å². The summed E-state index contributed by atoms with van der Waals surface area (Å²) in [5.41, 5.74) is 3.07. The number of aromatic hydroxyl groups is 1. The van der Waals surface area contributed by atoms with Gasteiger partial charge < -0.3 is 14.6 Å². The van der Waals surface area contributed by atoms with Crippen LogP contribution < -0.4 is 14.9 Å². The fourth-order valence-electron chi connectivity index (χ4n) is 1.86. The lowest BCUT2D eigenvalue weighted by Gasteiger charge is -2.10. The Morgan fingerprint density at radius 2 is 1.80 bits per heavy atom. The summed E-state index contributed by atoms with van der Waals surface area (Å²) in [6, 6.07) is 10.5. The maximum Gasteiger partial charge on any atom is 0.277 e. The average molecular weight is 472 g/mol. The van der Waals surface area contributed by atoms with Crippen molar-refractivity contribution in [2.75, 3.05) is 13.2 Å². The molecule has 6 nitrogen and oxygen atoms in total. The molecule has 0 radical (unpaired) electrons. The van der Waals surface area contributed by atoms with Gasteiger partial charge in [-0.2, -0.15) is 5.10 Å². The van der Waals surface area contributed by atoms with Crippen LogP contribution >= 0.6 is 31.9 Å². The molecule has 0 aromatic heterocycles. The van der Waals surface area contributed by atoms with Crippen LogP contribution in [0.1, 0.15) is 12.5 Å². The van der Waals surface area contributed by atoms with Crippen molar-refractivity contribution in [3.8, 4) is 17.2 Å². The number of hydrazone groups is 1. The highest BCUT2D eigenvalue weighted by atomic mass is 79.9. The van der Waals surface area contributed by atoms with E-state index in [0.717, 1.165) is 0 Å². The van der Waals surface area contributed by atoms with E-state index in [-0.39, 0.29) is 12.4 Å². The SMILES string of the molecule is CCOc1ccccc1OCC(=O)N/N=C/c1cc(Br)c(O)c(Br)c1. The van der Waals surface area contributed by atoms with Crippen molar-refractivity contribution >= 4 is 44.0 Å². The van der Waals surface area contributed by atoms with Crippen LogP contribution in [0.4, 0.5) is 0 Å². The van der Waals surface area contributed by atoms with E-state index in [9.17, 15) is 9.90 Å². The van der Waals surface area contributed by atoms with Gasteiger partial charge in [0, 0.05) is 0 Å². The van der Waals surface area contributed by atoms with Crippen molar-refractivity contribution in [3.63, 3.8) is 0 Å². The van der Waals surface area contributed by atoms with Crippen LogP contribution in [0.3, 0.4) is 0 Å². The summed E-state index contributed by atoms with van der Waals surface area (Å²) in [5.74, 6) is 0.775. The van der Waals surface area contributed by atoms with E-state index in [1.165, 1.54) is 6.21 Å². The number of hydrogen-bond acceptors (Lipinski definition) is 5. The largest absolute Gasteiger partial charge is 0.506 e. The molecule has 2 rings (SSSR count). The minimum absolute atomic E-state index is 0.0996. The molecule has 8 heteroatoms. The Morgan fingerprint density at radius 3 is 2.40 bits per heavy atom. The van der Waals surface area contributed by atoms with Crippen LogP contribution in [-0.2, 0) is 4.79 Å². The number of amides is 1. The van der Waals surface area contributed by atoms with Crippen LogP contribution in [0.2, 0.25) is 0 Å². The third-order valence-corrected chi connectivity index (χ3v) is 4.16. The molecule has 0 atom stereocenters. The van der Waals surface area contributed by atoms with Crippen molar-refractivity contribution < 1.29 is 19.4 Å². The molecule has 2 aromatic carbocycles. The second kappa shape index (κ2) is 9.43. The van der Waals surface area contributed by atoms with Gasteiger partial charge in [0.15, 0.2) is 18.1 Å². The summed E-state index contributed by atoms with van der Waals surface area (Å²) < 4.78 is 11.9. The first-order valence-electron chi connectivity index (χ1n) is 7.35. The second-order valence-electron chi connectivity index (χ2n) is 4.79. The molecular formula is C17H16Br2N2O4. The number of nitrogens with one attached hydrogen (secondary N) is 1. The first-order chi connectivity index (χ1) is 12.0. The van der Waals surface area contributed by atoms with Gasteiger partial charge in [0.2, 0.25) is 0 Å². The molecule has 1 amide bonds. The summed E-state index contributed by atoms with van der Waals surface area (Å²) in [5, 5.41) is 13.5. The van der Waals surface area contributed by atoms with E-state index in [2.05, 4.69) is 42.4 Å². The standard InChI is InChI=1S/C17H16Br2N2O4/c1-2-24-14-5-3-4-6-15(14)25-10-16(22)21-20-9-11-7-12(18)17(23)13(19)8-11/h3-9,23H,2,10H2,1H3,(H,21,22)/b20-9+. The Morgan fingerprint density at radius 1 is 1.20 bits per heavy atom. The molecule has 132 valence electrons. The fourth-order valence-corrected chi connectivity index (χ4v) is 3.08. The Kier molecular flexibility index (Phi) is 7.27. The molecule has 25 heavy (non-hydrogen) atoms. The maximum atomic E-state index is 11.8. The summed E-state index contributed by atoms with van der Waals surface area (Å²) >= 11 is 6.45. The Labute approximate surface area is 162 Å². The Balaban J connectivity index is 1.89. The van der Waals surface area contributed by atoms with Gasteiger partial charge in [-0.05, 0) is 68.6 Å². The molecule has 0 unspecified atom stereocenters. The maximum absolute atomic E-state index is 11.8. The van der Waals surface area contributed by atoms with Gasteiger partial charge in [-0.25, -0.2) is 5.43 Å². The van der Waals surface area contributed by atoms with E-state index >= 15 is 0 Å². The monoisotopic (exact) mass is 470 g/mol. The van der Waals surface area contributed by atoms with E-state index in [4.69, 9.17) is 9.47 Å². The second-order valence-corrected chi connectivity index (χ2v) is 6.50. The van der Waals surface area contributed by atoms with Crippen LogP contribution in [0, 0.1) is 0 Å². The molecule has 0 fully saturated rings. The molecule has 0 saturated heterocycles. The number of para-hydroxylation sites is 2. The minimum atomic E-state index is -0.403. The molecule has 0 aliphatic heterocycles. The molecule has 0 aliphatic rings. The quantitative estimate of drug-likeness (QED) is 0.474. The van der Waals surface area contributed by atoms with Crippen molar-refractivity contribution in [3.05, 3.63) is 50.9 Å². The third kappa shape index (κ3) is 5.75. The van der Waals surface area contributed by atoms with Gasteiger partial charge in [0.25, 0.3) is 5.91 Å². The number of carbonyl (C=O) groups is 1.